The molecule has 0 radical (unpaired) electrons. The Labute approximate surface area is 202 Å². The first-order valence-corrected chi connectivity index (χ1v) is 12.5. The first-order chi connectivity index (χ1) is 16.0. The summed E-state index contributed by atoms with van der Waals surface area (Å²) in [5, 5.41) is 60.0. The molecule has 3 fully saturated rings. The molecule has 34 heavy (non-hydrogen) atoms. The SMILES string of the molecule is C=C1CCC2C(C)(CO)C(O)CCC2(C)C1CC/C(C)=C/COC1OC(CO)C(O)C(O)C1O. The number of hydrogen-bond donors (Lipinski definition) is 6. The van der Waals surface area contributed by atoms with Gasteiger partial charge in [0.2, 0.25) is 0 Å². The molecular weight excluding hydrogens is 440 g/mol. The molecule has 3 aliphatic rings. The van der Waals surface area contributed by atoms with Crippen molar-refractivity contribution in [2.45, 2.75) is 96.1 Å². The predicted octanol–water partition coefficient (Wildman–Crippen LogP) is 1.27. The van der Waals surface area contributed by atoms with Crippen molar-refractivity contribution in [3.63, 3.8) is 0 Å². The summed E-state index contributed by atoms with van der Waals surface area (Å²) in [5.74, 6) is 0.544. The minimum atomic E-state index is -1.45. The Kier molecular flexibility index (Phi) is 9.02. The zero-order valence-corrected chi connectivity index (χ0v) is 20.8. The Morgan fingerprint density at radius 1 is 1.12 bits per heavy atom. The van der Waals surface area contributed by atoms with Gasteiger partial charge in [-0.3, -0.25) is 0 Å². The average Bonchev–Trinajstić information content (AvgIpc) is 2.81. The highest BCUT2D eigenvalue weighted by Gasteiger charge is 2.57. The molecule has 6 N–H and O–H groups in total. The van der Waals surface area contributed by atoms with E-state index >= 15 is 0 Å². The van der Waals surface area contributed by atoms with Gasteiger partial charge in [0.1, 0.15) is 24.4 Å². The largest absolute Gasteiger partial charge is 0.396 e. The third kappa shape index (κ3) is 5.15. The molecule has 2 saturated carbocycles. The van der Waals surface area contributed by atoms with Crippen molar-refractivity contribution in [2.24, 2.45) is 22.7 Å². The summed E-state index contributed by atoms with van der Waals surface area (Å²) in [4.78, 5) is 0. The summed E-state index contributed by atoms with van der Waals surface area (Å²) in [6, 6.07) is 0. The maximum atomic E-state index is 10.7. The van der Waals surface area contributed by atoms with E-state index in [1.165, 1.54) is 5.57 Å². The van der Waals surface area contributed by atoms with Crippen LogP contribution in [0.2, 0.25) is 0 Å². The lowest BCUT2D eigenvalue weighted by Crippen LogP contribution is -2.59. The fourth-order valence-electron chi connectivity index (χ4n) is 6.70. The molecule has 10 atom stereocenters. The van der Waals surface area contributed by atoms with Crippen molar-refractivity contribution in [3.05, 3.63) is 23.8 Å². The summed E-state index contributed by atoms with van der Waals surface area (Å²) in [6.45, 7) is 10.4. The molecule has 10 unspecified atom stereocenters. The van der Waals surface area contributed by atoms with Gasteiger partial charge in [-0.2, -0.15) is 0 Å². The number of aliphatic hydroxyl groups is 6. The van der Waals surface area contributed by atoms with E-state index in [0.29, 0.717) is 12.3 Å². The van der Waals surface area contributed by atoms with Crippen molar-refractivity contribution in [1.82, 2.24) is 0 Å². The normalized spacial score (nSPS) is 45.8. The molecule has 0 aromatic rings. The van der Waals surface area contributed by atoms with Crippen LogP contribution in [0.5, 0.6) is 0 Å². The number of hydrogen-bond acceptors (Lipinski definition) is 8. The molecule has 8 nitrogen and oxygen atoms in total. The van der Waals surface area contributed by atoms with Gasteiger partial charge < -0.3 is 40.1 Å². The molecule has 0 aromatic heterocycles. The topological polar surface area (TPSA) is 140 Å². The molecule has 2 aliphatic carbocycles. The standard InChI is InChI=1S/C26H44O8/c1-15(10-12-33-24-23(32)22(31)21(30)18(13-27)34-24)5-7-17-16(2)6-8-19-25(17,3)11-9-20(29)26(19,4)14-28/h10,17-24,27-32H,2,5-9,11-14H2,1,3-4H3/b15-10+. The van der Waals surface area contributed by atoms with Crippen molar-refractivity contribution < 1.29 is 40.1 Å². The van der Waals surface area contributed by atoms with Crippen LogP contribution in [0.4, 0.5) is 0 Å². The smallest absolute Gasteiger partial charge is 0.187 e. The van der Waals surface area contributed by atoms with E-state index in [9.17, 15) is 30.6 Å². The highest BCUT2D eigenvalue weighted by atomic mass is 16.7. The highest BCUT2D eigenvalue weighted by molar-refractivity contribution is 5.18. The lowest BCUT2D eigenvalue weighted by atomic mass is 9.46. The fourth-order valence-corrected chi connectivity index (χ4v) is 6.70. The van der Waals surface area contributed by atoms with E-state index in [-0.39, 0.29) is 24.5 Å². The third-order valence-corrected chi connectivity index (χ3v) is 9.06. The second-order valence-corrected chi connectivity index (χ2v) is 11.1. The number of ether oxygens (including phenoxy) is 2. The van der Waals surface area contributed by atoms with Gasteiger partial charge >= 0.3 is 0 Å². The Bertz CT molecular complexity index is 738. The molecule has 1 aliphatic heterocycles. The molecule has 0 aromatic carbocycles. The molecule has 3 rings (SSSR count). The van der Waals surface area contributed by atoms with Crippen LogP contribution in [0.15, 0.2) is 23.8 Å². The molecule has 8 heteroatoms. The van der Waals surface area contributed by atoms with Gasteiger partial charge in [-0.1, -0.05) is 37.6 Å². The molecular formula is C26H44O8. The van der Waals surface area contributed by atoms with E-state index in [2.05, 4.69) is 13.5 Å². The molecule has 196 valence electrons. The molecule has 1 saturated heterocycles. The Hall–Kier alpha value is -0.840. The lowest BCUT2D eigenvalue weighted by molar-refractivity contribution is -0.298. The molecule has 1 heterocycles. The minimum absolute atomic E-state index is 0.0121. The van der Waals surface area contributed by atoms with Crippen LogP contribution in [0.1, 0.15) is 59.3 Å². The van der Waals surface area contributed by atoms with Gasteiger partial charge in [0, 0.05) is 5.41 Å². The second kappa shape index (κ2) is 11.0. The lowest BCUT2D eigenvalue weighted by Gasteiger charge is -2.60. The van der Waals surface area contributed by atoms with Crippen LogP contribution in [0, 0.1) is 22.7 Å². The number of aliphatic hydroxyl groups excluding tert-OH is 6. The Balaban J connectivity index is 1.59. The molecule has 0 bridgehead atoms. The Morgan fingerprint density at radius 2 is 1.82 bits per heavy atom. The fraction of sp³-hybridized carbons (Fsp3) is 0.846. The number of rotatable bonds is 8. The van der Waals surface area contributed by atoms with Gasteiger partial charge in [0.15, 0.2) is 6.29 Å². The second-order valence-electron chi connectivity index (χ2n) is 11.1. The highest BCUT2D eigenvalue weighted by Crippen LogP contribution is 2.61. The summed E-state index contributed by atoms with van der Waals surface area (Å²) in [6.07, 6.45) is 0.267. The average molecular weight is 485 g/mol. The zero-order chi connectivity index (χ0) is 25.3. The third-order valence-electron chi connectivity index (χ3n) is 9.06. The maximum Gasteiger partial charge on any atom is 0.187 e. The van der Waals surface area contributed by atoms with Gasteiger partial charge in [0.25, 0.3) is 0 Å². The van der Waals surface area contributed by atoms with Crippen molar-refractivity contribution in [3.8, 4) is 0 Å². The first kappa shape index (κ1) is 27.7. The number of fused-ring (bicyclic) bond motifs is 1. The quantitative estimate of drug-likeness (QED) is 0.283. The molecule has 0 amide bonds. The number of allylic oxidation sites excluding steroid dienone is 2. The van der Waals surface area contributed by atoms with Crippen LogP contribution in [0.3, 0.4) is 0 Å². The van der Waals surface area contributed by atoms with Crippen LogP contribution in [0.25, 0.3) is 0 Å². The van der Waals surface area contributed by atoms with Crippen molar-refractivity contribution in [1.29, 1.82) is 0 Å². The van der Waals surface area contributed by atoms with E-state index in [4.69, 9.17) is 9.47 Å². The van der Waals surface area contributed by atoms with Crippen LogP contribution in [-0.2, 0) is 9.47 Å². The molecule has 0 spiro atoms. The van der Waals surface area contributed by atoms with Crippen molar-refractivity contribution in [2.75, 3.05) is 19.8 Å². The minimum Gasteiger partial charge on any atom is -0.396 e. The first-order valence-electron chi connectivity index (χ1n) is 12.5. The monoisotopic (exact) mass is 484 g/mol. The summed E-state index contributed by atoms with van der Waals surface area (Å²) >= 11 is 0. The summed E-state index contributed by atoms with van der Waals surface area (Å²) in [5.41, 5.74) is 1.86. The van der Waals surface area contributed by atoms with Gasteiger partial charge in [-0.15, -0.1) is 0 Å². The summed E-state index contributed by atoms with van der Waals surface area (Å²) in [7, 11) is 0. The van der Waals surface area contributed by atoms with Crippen LogP contribution >= 0.6 is 0 Å². The van der Waals surface area contributed by atoms with Gasteiger partial charge in [0.05, 0.1) is 25.9 Å². The predicted molar refractivity (Wildman–Crippen MR) is 127 cm³/mol. The van der Waals surface area contributed by atoms with Gasteiger partial charge in [-0.25, -0.2) is 0 Å². The van der Waals surface area contributed by atoms with E-state index in [1.54, 1.807) is 0 Å². The van der Waals surface area contributed by atoms with Crippen LogP contribution < -0.4 is 0 Å². The maximum absolute atomic E-state index is 10.7. The van der Waals surface area contributed by atoms with E-state index < -0.39 is 48.8 Å². The van der Waals surface area contributed by atoms with E-state index in [1.807, 2.05) is 19.9 Å². The van der Waals surface area contributed by atoms with Crippen molar-refractivity contribution >= 4 is 0 Å². The Morgan fingerprint density at radius 3 is 2.47 bits per heavy atom. The van der Waals surface area contributed by atoms with Gasteiger partial charge in [-0.05, 0) is 62.7 Å². The zero-order valence-electron chi connectivity index (χ0n) is 20.8. The van der Waals surface area contributed by atoms with E-state index in [0.717, 1.165) is 37.7 Å². The summed E-state index contributed by atoms with van der Waals surface area (Å²) < 4.78 is 11.0. The van der Waals surface area contributed by atoms with Crippen LogP contribution in [-0.4, -0.2) is 87.3 Å².